The summed E-state index contributed by atoms with van der Waals surface area (Å²) in [5.74, 6) is 0.621. The second-order valence-electron chi connectivity index (χ2n) is 12.5. The normalized spacial score (nSPS) is 12.1. The predicted molar refractivity (Wildman–Crippen MR) is 198 cm³/mol. The van der Waals surface area contributed by atoms with E-state index in [2.05, 4.69) is 117 Å². The lowest BCUT2D eigenvalue weighted by atomic mass is 10.0. The molecule has 220 valence electrons. The number of hydrogen-bond donors (Lipinski definition) is 0. The highest BCUT2D eigenvalue weighted by Gasteiger charge is 2.26. The molecule has 48 heavy (non-hydrogen) atoms. The molecule has 0 aliphatic rings. The lowest BCUT2D eigenvalue weighted by Crippen LogP contribution is -2.03. The molecule has 11 rings (SSSR count). The number of benzene rings is 7. The molecule has 0 amide bonds. The summed E-state index contributed by atoms with van der Waals surface area (Å²) in [6.45, 7) is 7.47. The van der Waals surface area contributed by atoms with Gasteiger partial charge >= 0.3 is 0 Å². The zero-order valence-corrected chi connectivity index (χ0v) is 25.5. The summed E-state index contributed by atoms with van der Waals surface area (Å²) in [7, 11) is 0. The zero-order chi connectivity index (χ0) is 31.5. The van der Waals surface area contributed by atoms with E-state index in [4.69, 9.17) is 16.5 Å². The van der Waals surface area contributed by atoms with Crippen LogP contribution in [0, 0.1) is 6.57 Å². The van der Waals surface area contributed by atoms with Gasteiger partial charge in [-0.1, -0.05) is 109 Å². The SMILES string of the molecule is [C-]#[N+]c1ccc(-c2nc(-n3c4ccc5ccccc5c4c4cc5c6ccccc6n6c7ccccc7c(c43)c56)nc3ccccc23)cc1. The molecule has 0 atom stereocenters. The Bertz CT molecular complexity index is 3170. The fraction of sp³-hybridized carbons (Fsp3) is 0. The van der Waals surface area contributed by atoms with Crippen molar-refractivity contribution in [3.05, 3.63) is 151 Å². The number of nitrogens with zero attached hydrogens (tertiary/aromatic N) is 5. The molecule has 4 aromatic heterocycles. The maximum absolute atomic E-state index is 7.47. The van der Waals surface area contributed by atoms with Gasteiger partial charge in [-0.05, 0) is 46.7 Å². The molecule has 0 saturated heterocycles. The van der Waals surface area contributed by atoms with Crippen LogP contribution in [0.2, 0.25) is 0 Å². The molecule has 0 aliphatic carbocycles. The van der Waals surface area contributed by atoms with Crippen molar-refractivity contribution in [2.45, 2.75) is 0 Å². The highest BCUT2D eigenvalue weighted by molar-refractivity contribution is 6.36. The molecule has 5 heteroatoms. The molecule has 0 radical (unpaired) electrons. The largest absolute Gasteiger partial charge is 0.308 e. The fourth-order valence-electron chi connectivity index (χ4n) is 8.06. The van der Waals surface area contributed by atoms with Gasteiger partial charge in [0.25, 0.3) is 0 Å². The summed E-state index contributed by atoms with van der Waals surface area (Å²) in [6, 6.07) is 48.9. The number of rotatable bonds is 2. The maximum Gasteiger partial charge on any atom is 0.235 e. The molecule has 0 fully saturated rings. The van der Waals surface area contributed by atoms with E-state index in [-0.39, 0.29) is 0 Å². The summed E-state index contributed by atoms with van der Waals surface area (Å²) in [4.78, 5) is 14.3. The minimum absolute atomic E-state index is 0.604. The standard InChI is InChI=1S/C43H23N5/c1-44-27-21-18-26(19-22-27)40-30-13-4-7-15-34(30)45-43(46-40)48-37-23-20-25-10-2-3-11-28(25)38(37)33-24-32-29-12-5-8-16-35(29)47-36-17-9-6-14-31(36)39(41(32)47)42(33)48/h2-24H. The second-order valence-corrected chi connectivity index (χ2v) is 12.5. The molecule has 0 saturated carbocycles. The smallest absolute Gasteiger partial charge is 0.235 e. The third-order valence-electron chi connectivity index (χ3n) is 10.0. The molecular formula is C43H23N5. The van der Waals surface area contributed by atoms with Crippen molar-refractivity contribution in [1.29, 1.82) is 0 Å². The molecule has 0 aliphatic heterocycles. The Balaban J connectivity index is 1.40. The van der Waals surface area contributed by atoms with Crippen molar-refractivity contribution in [2.75, 3.05) is 0 Å². The molecule has 7 aromatic carbocycles. The van der Waals surface area contributed by atoms with Crippen LogP contribution < -0.4 is 0 Å². The number of hydrogen-bond acceptors (Lipinski definition) is 2. The molecule has 0 spiro atoms. The fourth-order valence-corrected chi connectivity index (χ4v) is 8.06. The van der Waals surface area contributed by atoms with Crippen LogP contribution in [0.1, 0.15) is 0 Å². The van der Waals surface area contributed by atoms with Gasteiger partial charge in [0.1, 0.15) is 0 Å². The molecule has 11 aromatic rings. The lowest BCUT2D eigenvalue weighted by Gasteiger charge is -2.12. The van der Waals surface area contributed by atoms with Gasteiger partial charge in [-0.3, -0.25) is 4.57 Å². The van der Waals surface area contributed by atoms with Crippen LogP contribution in [0.4, 0.5) is 5.69 Å². The van der Waals surface area contributed by atoms with Crippen molar-refractivity contribution < 1.29 is 0 Å². The van der Waals surface area contributed by atoms with Gasteiger partial charge in [0.15, 0.2) is 5.69 Å². The van der Waals surface area contributed by atoms with E-state index in [0.29, 0.717) is 11.6 Å². The Hall–Kier alpha value is -6.77. The van der Waals surface area contributed by atoms with Crippen molar-refractivity contribution in [2.24, 2.45) is 0 Å². The zero-order valence-electron chi connectivity index (χ0n) is 25.5. The predicted octanol–water partition coefficient (Wildman–Crippen LogP) is 11.2. The van der Waals surface area contributed by atoms with Crippen LogP contribution in [0.25, 0.3) is 104 Å². The van der Waals surface area contributed by atoms with Crippen molar-refractivity contribution in [1.82, 2.24) is 18.9 Å². The Morgan fingerprint density at radius 2 is 1.19 bits per heavy atom. The number of fused-ring (bicyclic) bond motifs is 13. The van der Waals surface area contributed by atoms with E-state index in [1.165, 1.54) is 59.6 Å². The van der Waals surface area contributed by atoms with E-state index in [0.717, 1.165) is 33.2 Å². The molecule has 0 N–H and O–H groups in total. The summed E-state index contributed by atoms with van der Waals surface area (Å²) in [6.07, 6.45) is 0. The van der Waals surface area contributed by atoms with Crippen LogP contribution in [-0.2, 0) is 0 Å². The summed E-state index contributed by atoms with van der Waals surface area (Å²) in [5.41, 5.74) is 9.05. The van der Waals surface area contributed by atoms with E-state index in [1.54, 1.807) is 0 Å². The summed E-state index contributed by atoms with van der Waals surface area (Å²) < 4.78 is 4.72. The Morgan fingerprint density at radius 3 is 2.00 bits per heavy atom. The number of aromatic nitrogens is 4. The molecular weight excluding hydrogens is 587 g/mol. The molecule has 0 bridgehead atoms. The van der Waals surface area contributed by atoms with Crippen LogP contribution in [0.5, 0.6) is 0 Å². The highest BCUT2D eigenvalue weighted by atomic mass is 15.2. The first-order chi connectivity index (χ1) is 23.8. The van der Waals surface area contributed by atoms with Gasteiger partial charge < -0.3 is 4.40 Å². The lowest BCUT2D eigenvalue weighted by molar-refractivity contribution is 1.02. The van der Waals surface area contributed by atoms with Crippen molar-refractivity contribution in [3.8, 4) is 17.2 Å². The van der Waals surface area contributed by atoms with Gasteiger partial charge in [0.05, 0.1) is 45.4 Å². The van der Waals surface area contributed by atoms with Crippen LogP contribution >= 0.6 is 0 Å². The van der Waals surface area contributed by atoms with Crippen molar-refractivity contribution >= 4 is 87.3 Å². The van der Waals surface area contributed by atoms with Gasteiger partial charge in [0.2, 0.25) is 5.95 Å². The minimum Gasteiger partial charge on any atom is -0.308 e. The second kappa shape index (κ2) is 9.16. The van der Waals surface area contributed by atoms with Gasteiger partial charge in [-0.15, -0.1) is 0 Å². The molecule has 4 heterocycles. The van der Waals surface area contributed by atoms with E-state index < -0.39 is 0 Å². The first-order valence-corrected chi connectivity index (χ1v) is 16.1. The first kappa shape index (κ1) is 25.4. The highest BCUT2D eigenvalue weighted by Crippen LogP contribution is 2.47. The third-order valence-corrected chi connectivity index (χ3v) is 10.0. The number of para-hydroxylation sites is 3. The maximum atomic E-state index is 7.47. The topological polar surface area (TPSA) is 39.5 Å². The molecule has 0 unspecified atom stereocenters. The van der Waals surface area contributed by atoms with Crippen molar-refractivity contribution in [3.63, 3.8) is 0 Å². The van der Waals surface area contributed by atoms with E-state index in [1.807, 2.05) is 36.4 Å². The van der Waals surface area contributed by atoms with Crippen LogP contribution in [0.3, 0.4) is 0 Å². The molecule has 5 nitrogen and oxygen atoms in total. The Kier molecular flexibility index (Phi) is 4.85. The Labute approximate surface area is 273 Å². The Morgan fingerprint density at radius 1 is 0.500 bits per heavy atom. The van der Waals surface area contributed by atoms with Gasteiger partial charge in [0, 0.05) is 37.7 Å². The van der Waals surface area contributed by atoms with E-state index in [9.17, 15) is 0 Å². The van der Waals surface area contributed by atoms with Gasteiger partial charge in [-0.2, -0.15) is 0 Å². The summed E-state index contributed by atoms with van der Waals surface area (Å²) >= 11 is 0. The van der Waals surface area contributed by atoms with Gasteiger partial charge in [-0.25, -0.2) is 14.8 Å². The average Bonchev–Trinajstić information content (AvgIpc) is 3.79. The average molecular weight is 610 g/mol. The monoisotopic (exact) mass is 609 g/mol. The van der Waals surface area contributed by atoms with Crippen LogP contribution in [-0.4, -0.2) is 18.9 Å². The third kappa shape index (κ3) is 3.18. The minimum atomic E-state index is 0.604. The quantitative estimate of drug-likeness (QED) is 0.183. The van der Waals surface area contributed by atoms with E-state index >= 15 is 0 Å². The van der Waals surface area contributed by atoms with Crippen LogP contribution in [0.15, 0.2) is 140 Å². The first-order valence-electron chi connectivity index (χ1n) is 16.1. The summed E-state index contributed by atoms with van der Waals surface area (Å²) in [5, 5.41) is 10.7.